The van der Waals surface area contributed by atoms with Crippen LogP contribution in [0.2, 0.25) is 0 Å². The standard InChI is InChI=1S/C14H16BrNO3/c1-14(2,3)12(17)8-11(13(18)19)16-10-6-4-9(15)5-7-10/h4-8,16H,1-3H3,(H,18,19). The number of anilines is 1. The van der Waals surface area contributed by atoms with E-state index in [4.69, 9.17) is 5.11 Å². The van der Waals surface area contributed by atoms with E-state index in [9.17, 15) is 9.59 Å². The molecule has 0 heterocycles. The Morgan fingerprint density at radius 2 is 1.74 bits per heavy atom. The summed E-state index contributed by atoms with van der Waals surface area (Å²) >= 11 is 3.29. The first-order chi connectivity index (χ1) is 8.70. The van der Waals surface area contributed by atoms with Gasteiger partial charge in [-0.15, -0.1) is 0 Å². The van der Waals surface area contributed by atoms with E-state index >= 15 is 0 Å². The Labute approximate surface area is 120 Å². The number of carboxylic acid groups (broad SMARTS) is 1. The Balaban J connectivity index is 2.97. The van der Waals surface area contributed by atoms with Gasteiger partial charge in [-0.2, -0.15) is 0 Å². The van der Waals surface area contributed by atoms with Gasteiger partial charge in [-0.3, -0.25) is 4.79 Å². The van der Waals surface area contributed by atoms with E-state index in [1.807, 2.05) is 0 Å². The van der Waals surface area contributed by atoms with Crippen molar-refractivity contribution in [2.45, 2.75) is 20.8 Å². The molecule has 0 saturated carbocycles. The number of carbonyl (C=O) groups is 2. The lowest BCUT2D eigenvalue weighted by molar-refractivity contribution is -0.133. The van der Waals surface area contributed by atoms with E-state index in [1.165, 1.54) is 0 Å². The monoisotopic (exact) mass is 325 g/mol. The first kappa shape index (κ1) is 15.4. The lowest BCUT2D eigenvalue weighted by Gasteiger charge is -2.14. The quantitative estimate of drug-likeness (QED) is 0.832. The molecule has 0 radical (unpaired) electrons. The molecule has 0 spiro atoms. The van der Waals surface area contributed by atoms with Gasteiger partial charge in [0.2, 0.25) is 0 Å². The Kier molecular flexibility index (Phi) is 4.89. The zero-order valence-corrected chi connectivity index (χ0v) is 12.6. The number of aliphatic carboxylic acids is 1. The average Bonchev–Trinajstić information content (AvgIpc) is 2.29. The zero-order chi connectivity index (χ0) is 14.6. The largest absolute Gasteiger partial charge is 0.477 e. The maximum atomic E-state index is 11.8. The van der Waals surface area contributed by atoms with E-state index < -0.39 is 11.4 Å². The van der Waals surface area contributed by atoms with Crippen molar-refractivity contribution in [3.05, 3.63) is 40.5 Å². The number of ketones is 1. The summed E-state index contributed by atoms with van der Waals surface area (Å²) in [7, 11) is 0. The van der Waals surface area contributed by atoms with Gasteiger partial charge in [0, 0.05) is 21.7 Å². The second-order valence-corrected chi connectivity index (χ2v) is 6.02. The van der Waals surface area contributed by atoms with E-state index in [0.29, 0.717) is 5.69 Å². The van der Waals surface area contributed by atoms with Crippen LogP contribution in [0.25, 0.3) is 0 Å². The number of carboxylic acids is 1. The summed E-state index contributed by atoms with van der Waals surface area (Å²) in [6.45, 7) is 5.22. The fourth-order valence-electron chi connectivity index (χ4n) is 1.19. The number of carbonyl (C=O) groups excluding carboxylic acids is 1. The second-order valence-electron chi connectivity index (χ2n) is 5.11. The predicted octanol–water partition coefficient (Wildman–Crippen LogP) is 3.44. The number of nitrogens with one attached hydrogen (secondary N) is 1. The highest BCUT2D eigenvalue weighted by atomic mass is 79.9. The van der Waals surface area contributed by atoms with E-state index in [2.05, 4.69) is 21.2 Å². The minimum absolute atomic E-state index is 0.137. The third-order valence-electron chi connectivity index (χ3n) is 2.37. The molecule has 102 valence electrons. The van der Waals surface area contributed by atoms with Gasteiger partial charge in [-0.25, -0.2) is 4.79 Å². The smallest absolute Gasteiger partial charge is 0.352 e. The van der Waals surface area contributed by atoms with Crippen LogP contribution in [0.15, 0.2) is 40.5 Å². The van der Waals surface area contributed by atoms with Gasteiger partial charge in [0.15, 0.2) is 5.78 Å². The normalized spacial score (nSPS) is 12.1. The van der Waals surface area contributed by atoms with Crippen LogP contribution in [0, 0.1) is 5.41 Å². The summed E-state index contributed by atoms with van der Waals surface area (Å²) in [5.74, 6) is -1.41. The van der Waals surface area contributed by atoms with Gasteiger partial charge in [0.25, 0.3) is 0 Å². The number of allylic oxidation sites excluding steroid dienone is 1. The molecule has 2 N–H and O–H groups in total. The molecular weight excluding hydrogens is 310 g/mol. The third-order valence-corrected chi connectivity index (χ3v) is 2.90. The molecule has 19 heavy (non-hydrogen) atoms. The Morgan fingerprint density at radius 3 is 2.16 bits per heavy atom. The zero-order valence-electron chi connectivity index (χ0n) is 11.0. The number of hydrogen-bond donors (Lipinski definition) is 2. The molecule has 1 rings (SSSR count). The molecule has 0 amide bonds. The SMILES string of the molecule is CC(C)(C)C(=O)C=C(Nc1ccc(Br)cc1)C(=O)O. The summed E-state index contributed by atoms with van der Waals surface area (Å²) in [5, 5.41) is 11.8. The molecular formula is C14H16BrNO3. The molecule has 0 aliphatic carbocycles. The van der Waals surface area contributed by atoms with Crippen molar-refractivity contribution in [3.8, 4) is 0 Å². The van der Waals surface area contributed by atoms with Crippen molar-refractivity contribution in [1.29, 1.82) is 0 Å². The molecule has 0 saturated heterocycles. The number of hydrogen-bond acceptors (Lipinski definition) is 3. The van der Waals surface area contributed by atoms with E-state index in [1.54, 1.807) is 45.0 Å². The van der Waals surface area contributed by atoms with Gasteiger partial charge in [0.05, 0.1) is 0 Å². The van der Waals surface area contributed by atoms with Crippen LogP contribution < -0.4 is 5.32 Å². The summed E-state index contributed by atoms with van der Waals surface area (Å²) in [4.78, 5) is 23.0. The molecule has 0 aromatic heterocycles. The summed E-state index contributed by atoms with van der Waals surface area (Å²) in [6, 6.07) is 7.02. The van der Waals surface area contributed by atoms with Gasteiger partial charge in [-0.1, -0.05) is 36.7 Å². The maximum absolute atomic E-state index is 11.8. The lowest BCUT2D eigenvalue weighted by Crippen LogP contribution is -2.21. The molecule has 5 heteroatoms. The topological polar surface area (TPSA) is 66.4 Å². The van der Waals surface area contributed by atoms with Crippen molar-refractivity contribution < 1.29 is 14.7 Å². The highest BCUT2D eigenvalue weighted by molar-refractivity contribution is 9.10. The van der Waals surface area contributed by atoms with Gasteiger partial charge in [-0.05, 0) is 24.3 Å². The van der Waals surface area contributed by atoms with Crippen molar-refractivity contribution in [2.75, 3.05) is 5.32 Å². The first-order valence-corrected chi connectivity index (χ1v) is 6.51. The van der Waals surface area contributed by atoms with Gasteiger partial charge >= 0.3 is 5.97 Å². The van der Waals surface area contributed by atoms with Crippen LogP contribution in [-0.2, 0) is 9.59 Å². The second kappa shape index (κ2) is 6.02. The van der Waals surface area contributed by atoms with Crippen LogP contribution in [0.4, 0.5) is 5.69 Å². The van der Waals surface area contributed by atoms with Crippen LogP contribution in [0.3, 0.4) is 0 Å². The van der Waals surface area contributed by atoms with Crippen molar-refractivity contribution in [1.82, 2.24) is 0 Å². The average molecular weight is 326 g/mol. The Hall–Kier alpha value is -1.62. The minimum Gasteiger partial charge on any atom is -0.477 e. The van der Waals surface area contributed by atoms with Crippen molar-refractivity contribution in [2.24, 2.45) is 5.41 Å². The van der Waals surface area contributed by atoms with Gasteiger partial charge < -0.3 is 10.4 Å². The van der Waals surface area contributed by atoms with Crippen molar-refractivity contribution in [3.63, 3.8) is 0 Å². The van der Waals surface area contributed by atoms with Gasteiger partial charge in [0.1, 0.15) is 5.70 Å². The minimum atomic E-state index is -1.17. The fourth-order valence-corrected chi connectivity index (χ4v) is 1.45. The van der Waals surface area contributed by atoms with Crippen LogP contribution >= 0.6 is 15.9 Å². The number of rotatable bonds is 4. The molecule has 0 fully saturated rings. The summed E-state index contributed by atoms with van der Waals surface area (Å²) in [6.07, 6.45) is 1.13. The molecule has 4 nitrogen and oxygen atoms in total. The molecule has 0 aliphatic rings. The van der Waals surface area contributed by atoms with E-state index in [-0.39, 0.29) is 11.5 Å². The molecule has 1 aromatic carbocycles. The van der Waals surface area contributed by atoms with Crippen LogP contribution in [0.1, 0.15) is 20.8 Å². The van der Waals surface area contributed by atoms with Crippen LogP contribution in [-0.4, -0.2) is 16.9 Å². The predicted molar refractivity (Wildman–Crippen MR) is 77.9 cm³/mol. The Morgan fingerprint density at radius 1 is 1.21 bits per heavy atom. The molecule has 0 atom stereocenters. The highest BCUT2D eigenvalue weighted by Gasteiger charge is 2.21. The highest BCUT2D eigenvalue weighted by Crippen LogP contribution is 2.19. The third kappa shape index (κ3) is 4.87. The van der Waals surface area contributed by atoms with Crippen molar-refractivity contribution >= 4 is 33.4 Å². The number of halogens is 1. The fraction of sp³-hybridized carbons (Fsp3) is 0.286. The molecule has 0 aliphatic heterocycles. The summed E-state index contributed by atoms with van der Waals surface area (Å²) in [5.41, 5.74) is -0.136. The maximum Gasteiger partial charge on any atom is 0.352 e. The van der Waals surface area contributed by atoms with Crippen LogP contribution in [0.5, 0.6) is 0 Å². The first-order valence-electron chi connectivity index (χ1n) is 5.72. The number of benzene rings is 1. The molecule has 0 unspecified atom stereocenters. The lowest BCUT2D eigenvalue weighted by atomic mass is 9.90. The summed E-state index contributed by atoms with van der Waals surface area (Å²) < 4.78 is 0.893. The Bertz CT molecular complexity index is 512. The molecule has 0 bridgehead atoms. The van der Waals surface area contributed by atoms with E-state index in [0.717, 1.165) is 10.5 Å². The molecule has 1 aromatic rings.